The normalized spacial score (nSPS) is 16.2. The van der Waals surface area contributed by atoms with E-state index >= 15 is 0 Å². The first kappa shape index (κ1) is 27.2. The highest BCUT2D eigenvalue weighted by Crippen LogP contribution is 2.35. The van der Waals surface area contributed by atoms with Gasteiger partial charge in [0.1, 0.15) is 18.1 Å². The van der Waals surface area contributed by atoms with Gasteiger partial charge in [-0.3, -0.25) is 0 Å². The third-order valence-electron chi connectivity index (χ3n) is 7.60. The molecule has 0 saturated heterocycles. The zero-order valence-electron chi connectivity index (χ0n) is 22.7. The van der Waals surface area contributed by atoms with Crippen molar-refractivity contribution in [2.75, 3.05) is 0 Å². The second kappa shape index (κ2) is 10.4. The Bertz CT molecular complexity index is 1700. The Morgan fingerprint density at radius 3 is 2.21 bits per heavy atom. The lowest BCUT2D eigenvalue weighted by molar-refractivity contribution is -0.0548. The summed E-state index contributed by atoms with van der Waals surface area (Å²) in [5, 5.41) is 20.3. The molecule has 0 spiro atoms. The van der Waals surface area contributed by atoms with Gasteiger partial charge in [0.15, 0.2) is 0 Å². The number of ether oxygens (including phenoxy) is 4. The zero-order valence-corrected chi connectivity index (χ0v) is 22.7. The Balaban J connectivity index is 1.11. The average Bonchev–Trinajstić information content (AvgIpc) is 3.50. The topological polar surface area (TPSA) is 129 Å². The van der Waals surface area contributed by atoms with Crippen LogP contribution in [-0.4, -0.2) is 28.1 Å². The SMILES string of the molecule is CC(C)(c1ccc(OC(=O)c2ccc3c(c2)C(=O)OC3O)cc1)c1ccc(OC(O)c2ccc3c(c2)COC3=O)cc1. The van der Waals surface area contributed by atoms with Gasteiger partial charge in [-0.25, -0.2) is 14.4 Å². The van der Waals surface area contributed by atoms with E-state index in [9.17, 15) is 24.6 Å². The molecule has 42 heavy (non-hydrogen) atoms. The summed E-state index contributed by atoms with van der Waals surface area (Å²) in [7, 11) is 0. The van der Waals surface area contributed by atoms with E-state index in [1.54, 1.807) is 42.5 Å². The Labute approximate surface area is 240 Å². The van der Waals surface area contributed by atoms with Crippen LogP contribution < -0.4 is 9.47 Å². The molecule has 0 fully saturated rings. The van der Waals surface area contributed by atoms with Gasteiger partial charge in [-0.2, -0.15) is 0 Å². The molecule has 9 heteroatoms. The maximum atomic E-state index is 12.7. The van der Waals surface area contributed by atoms with E-state index < -0.39 is 29.9 Å². The van der Waals surface area contributed by atoms with E-state index in [0.29, 0.717) is 33.8 Å². The molecule has 2 unspecified atom stereocenters. The number of hydrogen-bond acceptors (Lipinski definition) is 9. The molecule has 2 aliphatic heterocycles. The summed E-state index contributed by atoms with van der Waals surface area (Å²) in [6.07, 6.45) is -2.54. The van der Waals surface area contributed by atoms with Crippen molar-refractivity contribution in [1.82, 2.24) is 0 Å². The van der Waals surface area contributed by atoms with Gasteiger partial charge >= 0.3 is 17.9 Å². The van der Waals surface area contributed by atoms with Crippen molar-refractivity contribution in [3.8, 4) is 11.5 Å². The van der Waals surface area contributed by atoms with Gasteiger partial charge in [0.05, 0.1) is 16.7 Å². The van der Waals surface area contributed by atoms with Crippen LogP contribution in [0.25, 0.3) is 0 Å². The summed E-state index contributed by atoms with van der Waals surface area (Å²) >= 11 is 0. The molecule has 2 aliphatic rings. The van der Waals surface area contributed by atoms with Crippen molar-refractivity contribution < 1.29 is 43.5 Å². The molecular weight excluding hydrogens is 540 g/mol. The van der Waals surface area contributed by atoms with Crippen LogP contribution >= 0.6 is 0 Å². The number of esters is 3. The molecular formula is C33H26O9. The van der Waals surface area contributed by atoms with Gasteiger partial charge in [0.25, 0.3) is 0 Å². The number of benzene rings is 4. The first-order valence-corrected chi connectivity index (χ1v) is 13.2. The molecule has 0 aliphatic carbocycles. The van der Waals surface area contributed by atoms with Crippen LogP contribution in [0.5, 0.6) is 11.5 Å². The highest BCUT2D eigenvalue weighted by molar-refractivity contribution is 5.98. The van der Waals surface area contributed by atoms with Gasteiger partial charge in [0, 0.05) is 22.1 Å². The number of aliphatic hydroxyl groups excluding tert-OH is 2. The number of carbonyl (C=O) groups excluding carboxylic acids is 3. The molecule has 0 amide bonds. The van der Waals surface area contributed by atoms with E-state index in [-0.39, 0.29) is 23.7 Å². The smallest absolute Gasteiger partial charge is 0.343 e. The van der Waals surface area contributed by atoms with Gasteiger partial charge < -0.3 is 29.2 Å². The summed E-state index contributed by atoms with van der Waals surface area (Å²) in [5.41, 5.74) is 3.91. The molecule has 9 nitrogen and oxygen atoms in total. The first-order valence-electron chi connectivity index (χ1n) is 13.2. The number of fused-ring (bicyclic) bond motifs is 2. The van der Waals surface area contributed by atoms with Crippen molar-refractivity contribution in [3.63, 3.8) is 0 Å². The maximum absolute atomic E-state index is 12.7. The standard InChI is InChI=1S/C33H26O9/c1-33(2,21-5-9-23(10-6-21)40-28(34)18-3-13-25-20(15-18)17-39-30(25)36)22-7-11-24(12-8-22)41-29(35)19-4-14-26-27(16-19)32(38)42-31(26)37/h3-16,28,31,34,37H,17H2,1-2H3. The lowest BCUT2D eigenvalue weighted by Crippen LogP contribution is -2.19. The number of carbonyl (C=O) groups is 3. The van der Waals surface area contributed by atoms with Crippen molar-refractivity contribution in [1.29, 1.82) is 0 Å². The lowest BCUT2D eigenvalue weighted by Gasteiger charge is -2.26. The minimum Gasteiger partial charge on any atom is -0.461 e. The lowest BCUT2D eigenvalue weighted by atomic mass is 9.78. The largest absolute Gasteiger partial charge is 0.461 e. The van der Waals surface area contributed by atoms with Crippen LogP contribution in [0.1, 0.15) is 85.3 Å². The molecule has 0 bridgehead atoms. The van der Waals surface area contributed by atoms with E-state index in [1.165, 1.54) is 18.2 Å². The average molecular weight is 567 g/mol. The fourth-order valence-corrected chi connectivity index (χ4v) is 5.03. The predicted molar refractivity (Wildman–Crippen MR) is 148 cm³/mol. The van der Waals surface area contributed by atoms with Crippen molar-refractivity contribution in [3.05, 3.63) is 129 Å². The number of hydrogen-bond donors (Lipinski definition) is 2. The molecule has 2 N–H and O–H groups in total. The van der Waals surface area contributed by atoms with E-state index in [2.05, 4.69) is 13.8 Å². The second-order valence-electron chi connectivity index (χ2n) is 10.6. The van der Waals surface area contributed by atoms with Gasteiger partial charge in [-0.15, -0.1) is 0 Å². The van der Waals surface area contributed by atoms with Crippen molar-refractivity contribution >= 4 is 17.9 Å². The number of rotatable bonds is 7. The Morgan fingerprint density at radius 2 is 1.52 bits per heavy atom. The second-order valence-corrected chi connectivity index (χ2v) is 10.6. The van der Waals surface area contributed by atoms with Crippen LogP contribution in [0.4, 0.5) is 0 Å². The van der Waals surface area contributed by atoms with E-state index in [0.717, 1.165) is 11.1 Å². The highest BCUT2D eigenvalue weighted by atomic mass is 16.6. The van der Waals surface area contributed by atoms with Crippen molar-refractivity contribution in [2.24, 2.45) is 0 Å². The number of cyclic esters (lactones) is 2. The molecule has 4 aromatic rings. The summed E-state index contributed by atoms with van der Waals surface area (Å²) in [5.74, 6) is -0.886. The third-order valence-corrected chi connectivity index (χ3v) is 7.60. The molecule has 0 aromatic heterocycles. The fraction of sp³-hybridized carbons (Fsp3) is 0.182. The summed E-state index contributed by atoms with van der Waals surface area (Å²) < 4.78 is 21.0. The number of aliphatic hydroxyl groups is 2. The van der Waals surface area contributed by atoms with Crippen LogP contribution in [0.3, 0.4) is 0 Å². The van der Waals surface area contributed by atoms with Crippen LogP contribution in [0.15, 0.2) is 84.9 Å². The molecule has 0 saturated carbocycles. The van der Waals surface area contributed by atoms with Crippen LogP contribution in [0.2, 0.25) is 0 Å². The van der Waals surface area contributed by atoms with E-state index in [4.69, 9.17) is 18.9 Å². The Kier molecular flexibility index (Phi) is 6.76. The van der Waals surface area contributed by atoms with Crippen LogP contribution in [0, 0.1) is 0 Å². The Hall–Kier alpha value is -4.99. The zero-order chi connectivity index (χ0) is 29.6. The van der Waals surface area contributed by atoms with Crippen LogP contribution in [-0.2, 0) is 21.5 Å². The quantitative estimate of drug-likeness (QED) is 0.178. The third kappa shape index (κ3) is 5.00. The van der Waals surface area contributed by atoms with Crippen molar-refractivity contribution in [2.45, 2.75) is 38.4 Å². The maximum Gasteiger partial charge on any atom is 0.343 e. The molecule has 4 aromatic carbocycles. The predicted octanol–water partition coefficient (Wildman–Crippen LogP) is 5.13. The van der Waals surface area contributed by atoms with E-state index in [1.807, 2.05) is 24.3 Å². The molecule has 0 radical (unpaired) electrons. The first-order chi connectivity index (χ1) is 20.1. The summed E-state index contributed by atoms with van der Waals surface area (Å²) in [6, 6.07) is 23.8. The minimum atomic E-state index is -1.33. The fourth-order valence-electron chi connectivity index (χ4n) is 5.03. The Morgan fingerprint density at radius 1 is 0.857 bits per heavy atom. The van der Waals surface area contributed by atoms with Gasteiger partial charge in [0.2, 0.25) is 12.6 Å². The minimum absolute atomic E-state index is 0.135. The molecule has 6 rings (SSSR count). The summed E-state index contributed by atoms with van der Waals surface area (Å²) in [4.78, 5) is 36.2. The monoisotopic (exact) mass is 566 g/mol. The highest BCUT2D eigenvalue weighted by Gasteiger charge is 2.30. The van der Waals surface area contributed by atoms with Gasteiger partial charge in [-0.05, 0) is 59.7 Å². The molecule has 2 heterocycles. The van der Waals surface area contributed by atoms with Gasteiger partial charge in [-0.1, -0.05) is 50.2 Å². The summed E-state index contributed by atoms with van der Waals surface area (Å²) in [6.45, 7) is 4.30. The molecule has 212 valence electrons. The molecule has 2 atom stereocenters.